The zero-order valence-corrected chi connectivity index (χ0v) is 9.11. The maximum Gasteiger partial charge on any atom is 0.141 e. The fourth-order valence-corrected chi connectivity index (χ4v) is 3.30. The van der Waals surface area contributed by atoms with Crippen LogP contribution in [-0.4, -0.2) is 13.5 Å². The molecule has 0 N–H and O–H groups in total. The molecule has 11 heavy (non-hydrogen) atoms. The highest BCUT2D eigenvalue weighted by Gasteiger charge is 2.20. The zero-order chi connectivity index (χ0) is 8.32. The van der Waals surface area contributed by atoms with Crippen LogP contribution in [0.3, 0.4) is 0 Å². The molecule has 0 aliphatic heterocycles. The van der Waals surface area contributed by atoms with Gasteiger partial charge in [0.1, 0.15) is 7.22 Å². The summed E-state index contributed by atoms with van der Waals surface area (Å²) in [5.41, 5.74) is 0. The number of hydrogen-bond acceptors (Lipinski definition) is 1. The van der Waals surface area contributed by atoms with Crippen molar-refractivity contribution in [2.75, 3.05) is 6.26 Å². The topological polar surface area (TPSA) is 0 Å². The summed E-state index contributed by atoms with van der Waals surface area (Å²) in [6, 6.07) is 10.8. The van der Waals surface area contributed by atoms with Crippen molar-refractivity contribution < 1.29 is 0 Å². The molecular weight excluding hydrogens is 168 g/mol. The van der Waals surface area contributed by atoms with E-state index in [-0.39, 0.29) is 0 Å². The van der Waals surface area contributed by atoms with Gasteiger partial charge < -0.3 is 0 Å². The molecule has 0 heterocycles. The minimum absolute atomic E-state index is 1.14. The molecule has 0 unspecified atom stereocenters. The van der Waals surface area contributed by atoms with Crippen LogP contribution in [0.4, 0.5) is 0 Å². The number of hydrogen-bond donors (Lipinski definition) is 0. The van der Waals surface area contributed by atoms with Gasteiger partial charge in [-0.1, -0.05) is 43.4 Å². The minimum atomic E-state index is -1.14. The van der Waals surface area contributed by atoms with Gasteiger partial charge >= 0.3 is 0 Å². The van der Waals surface area contributed by atoms with Crippen molar-refractivity contribution in [1.29, 1.82) is 0 Å². The molecule has 0 saturated carbocycles. The predicted molar refractivity (Wildman–Crippen MR) is 57.1 cm³/mol. The molecular formula is C9H14SSi. The van der Waals surface area contributed by atoms with E-state index in [9.17, 15) is 0 Å². The van der Waals surface area contributed by atoms with Gasteiger partial charge in [0.25, 0.3) is 0 Å². The lowest BCUT2D eigenvalue weighted by molar-refractivity contribution is 1.74. The largest absolute Gasteiger partial charge is 0.183 e. The third-order valence-corrected chi connectivity index (χ3v) is 8.49. The lowest BCUT2D eigenvalue weighted by Gasteiger charge is -2.19. The average Bonchev–Trinajstić information content (AvgIpc) is 2.06. The van der Waals surface area contributed by atoms with E-state index in [0.29, 0.717) is 0 Å². The Kier molecular flexibility index (Phi) is 2.79. The second-order valence-corrected chi connectivity index (χ2v) is 11.4. The van der Waals surface area contributed by atoms with Crippen LogP contribution in [-0.2, 0) is 0 Å². The van der Waals surface area contributed by atoms with Gasteiger partial charge in [-0.05, 0) is 11.4 Å². The molecule has 1 rings (SSSR count). The summed E-state index contributed by atoms with van der Waals surface area (Å²) in [6.45, 7) is 4.76. The number of benzene rings is 1. The van der Waals surface area contributed by atoms with Crippen molar-refractivity contribution in [2.45, 2.75) is 13.1 Å². The van der Waals surface area contributed by atoms with Crippen molar-refractivity contribution >= 4 is 23.6 Å². The van der Waals surface area contributed by atoms with Crippen molar-refractivity contribution in [3.8, 4) is 0 Å². The maximum absolute atomic E-state index is 2.38. The summed E-state index contributed by atoms with van der Waals surface area (Å²) in [5.74, 6) is 0. The molecule has 0 fully saturated rings. The Morgan fingerprint density at radius 2 is 1.64 bits per heavy atom. The van der Waals surface area contributed by atoms with Crippen molar-refractivity contribution in [3.05, 3.63) is 30.3 Å². The Labute approximate surface area is 73.7 Å². The highest BCUT2D eigenvalue weighted by molar-refractivity contribution is 8.29. The van der Waals surface area contributed by atoms with Crippen LogP contribution in [0.1, 0.15) is 0 Å². The summed E-state index contributed by atoms with van der Waals surface area (Å²) < 4.78 is 0. The molecule has 0 nitrogen and oxygen atoms in total. The average molecular weight is 182 g/mol. The van der Waals surface area contributed by atoms with E-state index in [1.165, 1.54) is 5.19 Å². The van der Waals surface area contributed by atoms with E-state index < -0.39 is 7.22 Å². The zero-order valence-electron chi connectivity index (χ0n) is 7.29. The van der Waals surface area contributed by atoms with Crippen molar-refractivity contribution in [1.82, 2.24) is 0 Å². The Balaban J connectivity index is 2.93. The molecule has 2 heteroatoms. The van der Waals surface area contributed by atoms with Crippen LogP contribution < -0.4 is 5.19 Å². The molecule has 0 saturated heterocycles. The molecule has 0 spiro atoms. The van der Waals surface area contributed by atoms with Gasteiger partial charge in [0.05, 0.1) is 0 Å². The standard InChI is InChI=1S/C9H14SSi/c1-10-11(2,3)9-7-5-4-6-8-9/h4-8H,1-3H3. The molecule has 0 aromatic heterocycles. The van der Waals surface area contributed by atoms with Gasteiger partial charge in [0.2, 0.25) is 0 Å². The lowest BCUT2D eigenvalue weighted by Crippen LogP contribution is -2.37. The smallest absolute Gasteiger partial charge is 0.141 e. The Hall–Kier alpha value is -0.213. The molecule has 0 amide bonds. The fraction of sp³-hybridized carbons (Fsp3) is 0.333. The van der Waals surface area contributed by atoms with Gasteiger partial charge in [0.15, 0.2) is 0 Å². The minimum Gasteiger partial charge on any atom is -0.183 e. The van der Waals surface area contributed by atoms with Gasteiger partial charge in [-0.15, -0.1) is 0 Å². The van der Waals surface area contributed by atoms with E-state index in [0.717, 1.165) is 0 Å². The predicted octanol–water partition coefficient (Wildman–Crippen LogP) is 2.46. The first-order chi connectivity index (χ1) is 5.17. The molecule has 0 aliphatic rings. The van der Waals surface area contributed by atoms with Gasteiger partial charge in [-0.3, -0.25) is 0 Å². The summed E-state index contributed by atoms with van der Waals surface area (Å²) in [5, 5.41) is 1.53. The quantitative estimate of drug-likeness (QED) is 0.633. The SMILES string of the molecule is CS[Si](C)(C)c1ccccc1. The van der Waals surface area contributed by atoms with Crippen LogP contribution in [0.5, 0.6) is 0 Å². The Morgan fingerprint density at radius 1 is 1.09 bits per heavy atom. The Morgan fingerprint density at radius 3 is 2.09 bits per heavy atom. The summed E-state index contributed by atoms with van der Waals surface area (Å²) in [6.07, 6.45) is 2.21. The third kappa shape index (κ3) is 2.11. The molecule has 1 aromatic rings. The summed E-state index contributed by atoms with van der Waals surface area (Å²) >= 11 is 2.02. The van der Waals surface area contributed by atoms with Crippen LogP contribution >= 0.6 is 11.2 Å². The van der Waals surface area contributed by atoms with Gasteiger partial charge in [0, 0.05) is 0 Å². The molecule has 0 aliphatic carbocycles. The van der Waals surface area contributed by atoms with E-state index in [1.54, 1.807) is 0 Å². The monoisotopic (exact) mass is 182 g/mol. The number of rotatable bonds is 2. The van der Waals surface area contributed by atoms with E-state index >= 15 is 0 Å². The molecule has 60 valence electrons. The lowest BCUT2D eigenvalue weighted by atomic mass is 10.4. The first-order valence-corrected chi connectivity index (χ1v) is 8.72. The highest BCUT2D eigenvalue weighted by Crippen LogP contribution is 2.15. The Bertz CT molecular complexity index is 218. The summed E-state index contributed by atoms with van der Waals surface area (Å²) in [7, 11) is -1.14. The second kappa shape index (κ2) is 3.46. The van der Waals surface area contributed by atoms with Crippen LogP contribution in [0.15, 0.2) is 30.3 Å². The fourth-order valence-electron chi connectivity index (χ4n) is 0.957. The van der Waals surface area contributed by atoms with Crippen molar-refractivity contribution in [3.63, 3.8) is 0 Å². The first-order valence-electron chi connectivity index (χ1n) is 3.77. The molecule has 0 atom stereocenters. The van der Waals surface area contributed by atoms with Gasteiger partial charge in [-0.25, -0.2) is 0 Å². The van der Waals surface area contributed by atoms with Crippen LogP contribution in [0, 0.1) is 0 Å². The molecule has 0 radical (unpaired) electrons. The molecule has 1 aromatic carbocycles. The first kappa shape index (κ1) is 8.88. The van der Waals surface area contributed by atoms with Crippen LogP contribution in [0.2, 0.25) is 13.1 Å². The third-order valence-electron chi connectivity index (χ3n) is 1.98. The van der Waals surface area contributed by atoms with Gasteiger partial charge in [-0.2, -0.15) is 11.2 Å². The second-order valence-electron chi connectivity index (χ2n) is 3.08. The van der Waals surface area contributed by atoms with Crippen molar-refractivity contribution in [2.24, 2.45) is 0 Å². The van der Waals surface area contributed by atoms with E-state index in [1.807, 2.05) is 11.2 Å². The molecule has 0 bridgehead atoms. The van der Waals surface area contributed by atoms with E-state index in [4.69, 9.17) is 0 Å². The van der Waals surface area contributed by atoms with E-state index in [2.05, 4.69) is 49.7 Å². The summed E-state index contributed by atoms with van der Waals surface area (Å²) in [4.78, 5) is 0. The highest BCUT2D eigenvalue weighted by atomic mass is 32.4. The normalized spacial score (nSPS) is 11.5. The maximum atomic E-state index is 2.38. The van der Waals surface area contributed by atoms with Crippen LogP contribution in [0.25, 0.3) is 0 Å².